The van der Waals surface area contributed by atoms with Crippen molar-refractivity contribution in [3.05, 3.63) is 46.9 Å². The summed E-state index contributed by atoms with van der Waals surface area (Å²) in [5.41, 5.74) is 1.57. The van der Waals surface area contributed by atoms with E-state index in [1.54, 1.807) is 46.1 Å². The molecule has 0 fully saturated rings. The number of aryl methyl sites for hydroxylation is 2. The van der Waals surface area contributed by atoms with Crippen molar-refractivity contribution >= 4 is 16.0 Å². The van der Waals surface area contributed by atoms with Crippen molar-refractivity contribution in [2.45, 2.75) is 32.1 Å². The molecule has 148 valence electrons. The minimum Gasteiger partial charge on any atom is -0.497 e. The summed E-state index contributed by atoms with van der Waals surface area (Å²) in [5.74, 6) is 0.676. The van der Waals surface area contributed by atoms with Crippen LogP contribution in [0.15, 0.2) is 33.8 Å². The molecule has 1 aromatic heterocycles. The normalized spacial score (nSPS) is 11.6. The standard InChI is InChI=1S/C19H25NO6S/c1-6-25-19(21)15-11-16(26-12-15)7-8-20(4)27(22,23)18-13(2)9-17(24-5)10-14(18)3/h9-12H,6-8H2,1-5H3. The van der Waals surface area contributed by atoms with Gasteiger partial charge in [-0.1, -0.05) is 0 Å². The maximum Gasteiger partial charge on any atom is 0.341 e. The van der Waals surface area contributed by atoms with Gasteiger partial charge in [-0.2, -0.15) is 0 Å². The zero-order chi connectivity index (χ0) is 20.2. The van der Waals surface area contributed by atoms with Gasteiger partial charge >= 0.3 is 5.97 Å². The summed E-state index contributed by atoms with van der Waals surface area (Å²) >= 11 is 0. The van der Waals surface area contributed by atoms with Crippen molar-refractivity contribution in [2.24, 2.45) is 0 Å². The highest BCUT2D eigenvalue weighted by molar-refractivity contribution is 7.89. The molecule has 0 aliphatic carbocycles. The molecular weight excluding hydrogens is 370 g/mol. The Labute approximate surface area is 159 Å². The molecule has 0 unspecified atom stereocenters. The summed E-state index contributed by atoms with van der Waals surface area (Å²) in [6.07, 6.45) is 1.66. The van der Waals surface area contributed by atoms with E-state index in [2.05, 4.69) is 0 Å². The molecule has 1 heterocycles. The van der Waals surface area contributed by atoms with Gasteiger partial charge in [0, 0.05) is 20.0 Å². The molecule has 2 rings (SSSR count). The van der Waals surface area contributed by atoms with Crippen molar-refractivity contribution in [3.8, 4) is 5.75 Å². The number of methoxy groups -OCH3 is 1. The molecule has 7 nitrogen and oxygen atoms in total. The van der Waals surface area contributed by atoms with Crippen LogP contribution >= 0.6 is 0 Å². The number of nitrogens with zero attached hydrogens (tertiary/aromatic N) is 1. The molecule has 0 saturated carbocycles. The zero-order valence-corrected chi connectivity index (χ0v) is 17.1. The van der Waals surface area contributed by atoms with Crippen LogP contribution in [0.3, 0.4) is 0 Å². The fraction of sp³-hybridized carbons (Fsp3) is 0.421. The monoisotopic (exact) mass is 395 g/mol. The molecule has 1 aromatic carbocycles. The van der Waals surface area contributed by atoms with Gasteiger partial charge in [0.15, 0.2) is 0 Å². The Morgan fingerprint density at radius 3 is 2.37 bits per heavy atom. The van der Waals surface area contributed by atoms with E-state index in [1.807, 2.05) is 0 Å². The predicted octanol–water partition coefficient (Wildman–Crippen LogP) is 2.94. The largest absolute Gasteiger partial charge is 0.497 e. The molecule has 0 aliphatic heterocycles. The van der Waals surface area contributed by atoms with Gasteiger partial charge in [0.25, 0.3) is 0 Å². The Morgan fingerprint density at radius 1 is 1.19 bits per heavy atom. The minimum atomic E-state index is -3.67. The quantitative estimate of drug-likeness (QED) is 0.639. The summed E-state index contributed by atoms with van der Waals surface area (Å²) in [6.45, 7) is 5.70. The van der Waals surface area contributed by atoms with Crippen molar-refractivity contribution in [2.75, 3.05) is 27.3 Å². The first kappa shape index (κ1) is 21.0. The first-order valence-electron chi connectivity index (χ1n) is 8.56. The molecule has 0 aliphatic rings. The van der Waals surface area contributed by atoms with Crippen molar-refractivity contribution < 1.29 is 27.1 Å². The van der Waals surface area contributed by atoms with Gasteiger partial charge in [-0.25, -0.2) is 17.5 Å². The van der Waals surface area contributed by atoms with Gasteiger partial charge < -0.3 is 13.9 Å². The van der Waals surface area contributed by atoms with Crippen molar-refractivity contribution in [3.63, 3.8) is 0 Å². The van der Waals surface area contributed by atoms with Crippen LogP contribution in [-0.4, -0.2) is 46.0 Å². The molecule has 0 saturated heterocycles. The molecule has 8 heteroatoms. The number of hydrogen-bond acceptors (Lipinski definition) is 6. The molecule has 0 N–H and O–H groups in total. The number of ether oxygens (including phenoxy) is 2. The van der Waals surface area contributed by atoms with E-state index in [1.165, 1.54) is 17.6 Å². The van der Waals surface area contributed by atoms with E-state index in [9.17, 15) is 13.2 Å². The third-order valence-corrected chi connectivity index (χ3v) is 6.34. The van der Waals surface area contributed by atoms with Crippen LogP contribution in [0.5, 0.6) is 5.75 Å². The second-order valence-corrected chi connectivity index (χ2v) is 8.17. The Hall–Kier alpha value is -2.32. The minimum absolute atomic E-state index is 0.211. The molecular formula is C19H25NO6S. The van der Waals surface area contributed by atoms with Crippen molar-refractivity contribution in [1.82, 2.24) is 4.31 Å². The summed E-state index contributed by atoms with van der Waals surface area (Å²) < 4.78 is 42.7. The predicted molar refractivity (Wildman–Crippen MR) is 101 cm³/mol. The lowest BCUT2D eigenvalue weighted by molar-refractivity contribution is 0.0525. The summed E-state index contributed by atoms with van der Waals surface area (Å²) in [7, 11) is -0.604. The second-order valence-electron chi connectivity index (χ2n) is 6.19. The molecule has 0 bridgehead atoms. The number of hydrogen-bond donors (Lipinski definition) is 0. The molecule has 0 spiro atoms. The molecule has 0 radical (unpaired) electrons. The first-order valence-corrected chi connectivity index (χ1v) is 10.0. The van der Waals surface area contributed by atoms with Crippen LogP contribution in [-0.2, 0) is 21.2 Å². The van der Waals surface area contributed by atoms with E-state index < -0.39 is 16.0 Å². The SMILES string of the molecule is CCOC(=O)c1coc(CCN(C)S(=O)(=O)c2c(C)cc(OC)cc2C)c1. The molecule has 27 heavy (non-hydrogen) atoms. The smallest absolute Gasteiger partial charge is 0.341 e. The van der Waals surface area contributed by atoms with Crippen LogP contribution in [0.4, 0.5) is 0 Å². The summed E-state index contributed by atoms with van der Waals surface area (Å²) in [4.78, 5) is 11.9. The Morgan fingerprint density at radius 2 is 1.81 bits per heavy atom. The van der Waals surface area contributed by atoms with Crippen LogP contribution < -0.4 is 4.74 Å². The van der Waals surface area contributed by atoms with E-state index in [0.717, 1.165) is 0 Å². The fourth-order valence-corrected chi connectivity index (χ4v) is 4.39. The second kappa shape index (κ2) is 8.58. The maximum atomic E-state index is 13.0. The third-order valence-electron chi connectivity index (χ3n) is 4.18. The van der Waals surface area contributed by atoms with E-state index >= 15 is 0 Å². The molecule has 0 amide bonds. The number of benzene rings is 1. The lowest BCUT2D eigenvalue weighted by Gasteiger charge is -2.20. The van der Waals surface area contributed by atoms with Gasteiger partial charge in [-0.3, -0.25) is 0 Å². The number of carbonyl (C=O) groups is 1. The number of rotatable bonds is 8. The Bertz CT molecular complexity index is 893. The topological polar surface area (TPSA) is 86.0 Å². The highest BCUT2D eigenvalue weighted by atomic mass is 32.2. The van der Waals surface area contributed by atoms with Gasteiger partial charge in [0.05, 0.1) is 24.2 Å². The van der Waals surface area contributed by atoms with Gasteiger partial charge in [0.2, 0.25) is 10.0 Å². The number of furan rings is 1. The van der Waals surface area contributed by atoms with Crippen LogP contribution in [0.1, 0.15) is 34.2 Å². The summed E-state index contributed by atoms with van der Waals surface area (Å²) in [6, 6.07) is 4.97. The average molecular weight is 395 g/mol. The van der Waals surface area contributed by atoms with Gasteiger partial charge in [-0.15, -0.1) is 0 Å². The lowest BCUT2D eigenvalue weighted by Crippen LogP contribution is -2.30. The third kappa shape index (κ3) is 4.70. The number of esters is 1. The Kier molecular flexibility index (Phi) is 6.67. The molecule has 0 atom stereocenters. The maximum absolute atomic E-state index is 13.0. The number of sulfonamides is 1. The summed E-state index contributed by atoms with van der Waals surface area (Å²) in [5, 5.41) is 0. The highest BCUT2D eigenvalue weighted by Crippen LogP contribution is 2.27. The fourth-order valence-electron chi connectivity index (χ4n) is 2.81. The van der Waals surface area contributed by atoms with E-state index in [-0.39, 0.29) is 18.0 Å². The number of carbonyl (C=O) groups excluding carboxylic acids is 1. The first-order chi connectivity index (χ1) is 12.7. The number of likely N-dealkylation sites (N-methyl/N-ethyl adjacent to an activating group) is 1. The van der Waals surface area contributed by atoms with E-state index in [0.29, 0.717) is 34.6 Å². The van der Waals surface area contributed by atoms with Crippen molar-refractivity contribution in [1.29, 1.82) is 0 Å². The highest BCUT2D eigenvalue weighted by Gasteiger charge is 2.25. The van der Waals surface area contributed by atoms with Crippen LogP contribution in [0, 0.1) is 13.8 Å². The van der Waals surface area contributed by atoms with Gasteiger partial charge in [-0.05, 0) is 50.1 Å². The van der Waals surface area contributed by atoms with Gasteiger partial charge in [0.1, 0.15) is 17.8 Å². The lowest BCUT2D eigenvalue weighted by atomic mass is 10.1. The average Bonchev–Trinajstić information content (AvgIpc) is 3.08. The van der Waals surface area contributed by atoms with Crippen LogP contribution in [0.25, 0.3) is 0 Å². The molecule has 2 aromatic rings. The van der Waals surface area contributed by atoms with E-state index in [4.69, 9.17) is 13.9 Å². The van der Waals surface area contributed by atoms with Crippen LogP contribution in [0.2, 0.25) is 0 Å². The Balaban J connectivity index is 2.14. The zero-order valence-electron chi connectivity index (χ0n) is 16.2.